The second-order valence-corrected chi connectivity index (χ2v) is 12.1. The lowest BCUT2D eigenvalue weighted by molar-refractivity contribution is -0.135. The fraction of sp³-hybridized carbons (Fsp3) is 0.346. The van der Waals surface area contributed by atoms with Gasteiger partial charge in [-0.15, -0.1) is 11.3 Å². The second-order valence-electron chi connectivity index (χ2n) is 8.74. The van der Waals surface area contributed by atoms with E-state index < -0.39 is 16.1 Å². The maximum absolute atomic E-state index is 13.6. The number of hydrogen-bond acceptors (Lipinski definition) is 6. The Bertz CT molecular complexity index is 1290. The Morgan fingerprint density at radius 2 is 1.78 bits per heavy atom. The molecular weight excluding hydrogens is 520 g/mol. The summed E-state index contributed by atoms with van der Waals surface area (Å²) in [6.07, 6.45) is 0.725. The lowest BCUT2D eigenvalue weighted by atomic mass is 10.0. The maximum Gasteiger partial charge on any atom is 0.243 e. The van der Waals surface area contributed by atoms with Gasteiger partial charge in [-0.1, -0.05) is 11.6 Å². The third kappa shape index (κ3) is 5.70. The van der Waals surface area contributed by atoms with Crippen molar-refractivity contribution in [1.82, 2.24) is 9.21 Å². The number of thiophene rings is 1. The molecule has 1 atom stereocenters. The summed E-state index contributed by atoms with van der Waals surface area (Å²) in [5.41, 5.74) is 1.04. The first-order valence-corrected chi connectivity index (χ1v) is 14.3. The summed E-state index contributed by atoms with van der Waals surface area (Å²) in [7, 11) is -2.38. The van der Waals surface area contributed by atoms with Gasteiger partial charge < -0.3 is 14.4 Å². The van der Waals surface area contributed by atoms with Crippen LogP contribution in [0.25, 0.3) is 0 Å². The van der Waals surface area contributed by atoms with Crippen LogP contribution >= 0.6 is 22.9 Å². The largest absolute Gasteiger partial charge is 0.497 e. The second kappa shape index (κ2) is 11.2. The summed E-state index contributed by atoms with van der Waals surface area (Å²) >= 11 is 7.64. The van der Waals surface area contributed by atoms with Crippen LogP contribution in [0.5, 0.6) is 11.5 Å². The Hall–Kier alpha value is -2.59. The number of amides is 1. The van der Waals surface area contributed by atoms with Gasteiger partial charge in [-0.05, 0) is 85.8 Å². The Labute approximate surface area is 221 Å². The predicted octanol–water partition coefficient (Wildman–Crippen LogP) is 5.01. The van der Waals surface area contributed by atoms with E-state index in [1.54, 1.807) is 66.5 Å². The first-order valence-electron chi connectivity index (χ1n) is 11.6. The quantitative estimate of drug-likeness (QED) is 0.375. The zero-order valence-corrected chi connectivity index (χ0v) is 22.8. The number of methoxy groups -OCH3 is 1. The van der Waals surface area contributed by atoms with Crippen molar-refractivity contribution in [2.24, 2.45) is 0 Å². The normalized spacial score (nSPS) is 15.7. The highest BCUT2D eigenvalue weighted by molar-refractivity contribution is 7.89. The number of benzene rings is 2. The van der Waals surface area contributed by atoms with Crippen LogP contribution in [0.2, 0.25) is 5.02 Å². The molecule has 0 aliphatic carbocycles. The molecule has 1 aliphatic rings. The number of hydrogen-bond donors (Lipinski definition) is 0. The Morgan fingerprint density at radius 3 is 2.42 bits per heavy atom. The van der Waals surface area contributed by atoms with Crippen molar-refractivity contribution in [3.8, 4) is 11.5 Å². The molecule has 0 unspecified atom stereocenters. The standard InChI is InChI=1S/C26H29ClN2O5S2/c1-18(2)29(36(31,32)22-10-8-20(33-3)9-11-22)16-26(30)28-14-12-25-23(13-15-35-25)24(28)17-34-21-6-4-19(27)5-7-21/h4-11,13,15,18,24H,12,14,16-17H2,1-3H3/t24-/m1/s1. The molecule has 0 bridgehead atoms. The molecule has 0 spiro atoms. The average Bonchev–Trinajstić information content (AvgIpc) is 3.35. The maximum atomic E-state index is 13.6. The Balaban J connectivity index is 1.56. The van der Waals surface area contributed by atoms with Crippen LogP contribution in [0, 0.1) is 0 Å². The van der Waals surface area contributed by atoms with Gasteiger partial charge in [0.15, 0.2) is 0 Å². The molecule has 0 fully saturated rings. The van der Waals surface area contributed by atoms with E-state index in [2.05, 4.69) is 0 Å². The van der Waals surface area contributed by atoms with Crippen molar-refractivity contribution in [3.63, 3.8) is 0 Å². The molecule has 1 aliphatic heterocycles. The fourth-order valence-corrected chi connectivity index (χ4v) is 6.87. The van der Waals surface area contributed by atoms with Crippen LogP contribution in [-0.4, -0.2) is 56.4 Å². The molecule has 7 nitrogen and oxygen atoms in total. The van der Waals surface area contributed by atoms with Gasteiger partial charge in [-0.3, -0.25) is 4.79 Å². The van der Waals surface area contributed by atoms with E-state index in [1.807, 2.05) is 11.4 Å². The first kappa shape index (κ1) is 26.5. The first-order chi connectivity index (χ1) is 17.2. The minimum Gasteiger partial charge on any atom is -0.497 e. The molecule has 4 rings (SSSR count). The summed E-state index contributed by atoms with van der Waals surface area (Å²) in [4.78, 5) is 16.7. The lowest BCUT2D eigenvalue weighted by Crippen LogP contribution is -2.49. The molecule has 3 aromatic rings. The molecule has 36 heavy (non-hydrogen) atoms. The average molecular weight is 549 g/mol. The minimum absolute atomic E-state index is 0.117. The van der Waals surface area contributed by atoms with E-state index >= 15 is 0 Å². The van der Waals surface area contributed by atoms with Gasteiger partial charge in [-0.25, -0.2) is 8.42 Å². The van der Waals surface area contributed by atoms with Crippen molar-refractivity contribution in [3.05, 3.63) is 75.4 Å². The predicted molar refractivity (Wildman–Crippen MR) is 141 cm³/mol. The topological polar surface area (TPSA) is 76.2 Å². The van der Waals surface area contributed by atoms with Gasteiger partial charge in [-0.2, -0.15) is 4.31 Å². The monoisotopic (exact) mass is 548 g/mol. The highest BCUT2D eigenvalue weighted by Gasteiger charge is 2.36. The lowest BCUT2D eigenvalue weighted by Gasteiger charge is -2.37. The molecule has 0 N–H and O–H groups in total. The fourth-order valence-electron chi connectivity index (χ4n) is 4.23. The summed E-state index contributed by atoms with van der Waals surface area (Å²) in [6.45, 7) is 4.02. The van der Waals surface area contributed by atoms with E-state index in [1.165, 1.54) is 28.4 Å². The molecule has 0 saturated carbocycles. The molecule has 1 aromatic heterocycles. The van der Waals surface area contributed by atoms with Crippen molar-refractivity contribution < 1.29 is 22.7 Å². The number of rotatable bonds is 9. The SMILES string of the molecule is COc1ccc(S(=O)(=O)N(CC(=O)N2CCc3sccc3[C@H]2COc2ccc(Cl)cc2)C(C)C)cc1. The van der Waals surface area contributed by atoms with E-state index in [0.717, 1.165) is 12.0 Å². The third-order valence-corrected chi connectivity index (χ3v) is 9.45. The Kier molecular flexibility index (Phi) is 8.24. The summed E-state index contributed by atoms with van der Waals surface area (Å²) in [6, 6.07) is 14.5. The molecule has 10 heteroatoms. The van der Waals surface area contributed by atoms with Gasteiger partial charge in [0.25, 0.3) is 0 Å². The number of carbonyl (C=O) groups excluding carboxylic acids is 1. The summed E-state index contributed by atoms with van der Waals surface area (Å²) < 4.78 is 39.3. The van der Waals surface area contributed by atoms with Crippen LogP contribution in [0.15, 0.2) is 64.9 Å². The zero-order chi connectivity index (χ0) is 25.9. The minimum atomic E-state index is -3.90. The van der Waals surface area contributed by atoms with E-state index in [-0.39, 0.29) is 30.0 Å². The number of fused-ring (bicyclic) bond motifs is 1. The van der Waals surface area contributed by atoms with Crippen molar-refractivity contribution >= 4 is 38.9 Å². The number of carbonyl (C=O) groups is 1. The van der Waals surface area contributed by atoms with E-state index in [9.17, 15) is 13.2 Å². The molecule has 1 amide bonds. The van der Waals surface area contributed by atoms with Gasteiger partial charge >= 0.3 is 0 Å². The van der Waals surface area contributed by atoms with Gasteiger partial charge in [0.1, 0.15) is 18.1 Å². The van der Waals surface area contributed by atoms with Gasteiger partial charge in [0.05, 0.1) is 24.6 Å². The van der Waals surface area contributed by atoms with Crippen molar-refractivity contribution in [2.75, 3.05) is 26.8 Å². The molecule has 2 heterocycles. The van der Waals surface area contributed by atoms with Crippen molar-refractivity contribution in [1.29, 1.82) is 0 Å². The van der Waals surface area contributed by atoms with Crippen LogP contribution in [0.4, 0.5) is 0 Å². The summed E-state index contributed by atoms with van der Waals surface area (Å²) in [5.74, 6) is 0.951. The summed E-state index contributed by atoms with van der Waals surface area (Å²) in [5, 5.41) is 2.63. The highest BCUT2D eigenvalue weighted by Crippen LogP contribution is 2.34. The molecule has 0 radical (unpaired) electrons. The number of ether oxygens (including phenoxy) is 2. The smallest absolute Gasteiger partial charge is 0.243 e. The zero-order valence-electron chi connectivity index (χ0n) is 20.4. The van der Waals surface area contributed by atoms with Gasteiger partial charge in [0, 0.05) is 22.5 Å². The molecule has 2 aromatic carbocycles. The number of sulfonamides is 1. The van der Waals surface area contributed by atoms with Crippen LogP contribution < -0.4 is 9.47 Å². The molecule has 0 saturated heterocycles. The highest BCUT2D eigenvalue weighted by atomic mass is 35.5. The third-order valence-electron chi connectivity index (χ3n) is 6.17. The Morgan fingerprint density at radius 1 is 1.11 bits per heavy atom. The van der Waals surface area contributed by atoms with Gasteiger partial charge in [0.2, 0.25) is 15.9 Å². The van der Waals surface area contributed by atoms with Crippen LogP contribution in [0.3, 0.4) is 0 Å². The van der Waals surface area contributed by atoms with Crippen LogP contribution in [0.1, 0.15) is 30.3 Å². The van der Waals surface area contributed by atoms with E-state index in [4.69, 9.17) is 21.1 Å². The van der Waals surface area contributed by atoms with E-state index in [0.29, 0.717) is 23.1 Å². The molecule has 192 valence electrons. The number of halogens is 1. The number of nitrogens with zero attached hydrogens (tertiary/aromatic N) is 2. The van der Waals surface area contributed by atoms with Crippen LogP contribution in [-0.2, 0) is 21.2 Å². The molecular formula is C26H29ClN2O5S2. The van der Waals surface area contributed by atoms with Crippen molar-refractivity contribution in [2.45, 2.75) is 37.2 Å².